The molecule has 0 saturated heterocycles. The van der Waals surface area contributed by atoms with Crippen molar-refractivity contribution in [2.45, 2.75) is 25.7 Å². The third-order valence-electron chi connectivity index (χ3n) is 6.00. The number of rotatable bonds is 13. The Kier molecular flexibility index (Phi) is 9.83. The summed E-state index contributed by atoms with van der Waals surface area (Å²) in [7, 11) is 1.59. The molecule has 1 unspecified atom stereocenters. The molecule has 1 atom stereocenters. The van der Waals surface area contributed by atoms with Gasteiger partial charge in [-0.25, -0.2) is 0 Å². The van der Waals surface area contributed by atoms with E-state index in [1.165, 1.54) is 0 Å². The number of benzene rings is 4. The second-order valence-electron chi connectivity index (χ2n) is 8.66. The van der Waals surface area contributed by atoms with Crippen LogP contribution in [0.4, 0.5) is 0 Å². The zero-order valence-corrected chi connectivity index (χ0v) is 21.7. The lowest BCUT2D eigenvalue weighted by atomic mass is 10.1. The first kappa shape index (κ1) is 26.6. The predicted molar refractivity (Wildman–Crippen MR) is 148 cm³/mol. The summed E-state index contributed by atoms with van der Waals surface area (Å²) in [6.07, 6.45) is 0.0644. The van der Waals surface area contributed by atoms with Crippen LogP contribution in [0.1, 0.15) is 28.4 Å². The van der Waals surface area contributed by atoms with E-state index in [-0.39, 0.29) is 0 Å². The van der Waals surface area contributed by atoms with Crippen molar-refractivity contribution in [1.29, 1.82) is 0 Å². The number of hydrogen-bond acceptors (Lipinski definition) is 5. The Bertz CT molecular complexity index is 1230. The average Bonchev–Trinajstić information content (AvgIpc) is 2.95. The van der Waals surface area contributed by atoms with Gasteiger partial charge in [-0.05, 0) is 53.4 Å². The van der Waals surface area contributed by atoms with Gasteiger partial charge in [-0.1, -0.05) is 90.5 Å². The van der Waals surface area contributed by atoms with E-state index < -0.39 is 6.10 Å². The Morgan fingerprint density at radius 1 is 0.784 bits per heavy atom. The van der Waals surface area contributed by atoms with Crippen molar-refractivity contribution in [2.75, 3.05) is 20.2 Å². The maximum atomic E-state index is 10.6. The highest BCUT2D eigenvalue weighted by Gasteiger charge is 2.14. The molecule has 0 aliphatic carbocycles. The van der Waals surface area contributed by atoms with E-state index in [2.05, 4.69) is 5.32 Å². The van der Waals surface area contributed by atoms with E-state index in [0.717, 1.165) is 28.0 Å². The Hall–Kier alpha value is -3.51. The molecule has 0 aliphatic heterocycles. The van der Waals surface area contributed by atoms with E-state index in [0.29, 0.717) is 49.2 Å². The molecule has 4 aromatic rings. The third kappa shape index (κ3) is 7.73. The first-order valence-electron chi connectivity index (χ1n) is 12.3. The predicted octanol–water partition coefficient (Wildman–Crippen LogP) is 6.37. The first-order valence-corrected chi connectivity index (χ1v) is 12.7. The zero-order chi connectivity index (χ0) is 25.9. The van der Waals surface area contributed by atoms with Gasteiger partial charge >= 0.3 is 0 Å². The minimum Gasteiger partial charge on any atom is -0.491 e. The Labute approximate surface area is 223 Å². The number of methoxy groups -OCH3 is 1. The lowest BCUT2D eigenvalue weighted by Crippen LogP contribution is -2.23. The summed E-state index contributed by atoms with van der Waals surface area (Å²) in [6, 6.07) is 31.4. The van der Waals surface area contributed by atoms with Crippen LogP contribution in [0.25, 0.3) is 0 Å². The summed E-state index contributed by atoms with van der Waals surface area (Å²) in [5, 5.41) is 14.4. The van der Waals surface area contributed by atoms with Crippen molar-refractivity contribution in [2.24, 2.45) is 0 Å². The maximum Gasteiger partial charge on any atom is 0.179 e. The number of aliphatic hydroxyl groups excluding tert-OH is 1. The molecule has 0 heterocycles. The fraction of sp³-hybridized carbons (Fsp3) is 0.226. The monoisotopic (exact) mass is 517 g/mol. The molecule has 5 nitrogen and oxygen atoms in total. The van der Waals surface area contributed by atoms with E-state index >= 15 is 0 Å². The highest BCUT2D eigenvalue weighted by molar-refractivity contribution is 6.33. The minimum atomic E-state index is -0.623. The van der Waals surface area contributed by atoms with Crippen LogP contribution in [0, 0.1) is 0 Å². The van der Waals surface area contributed by atoms with Crippen LogP contribution in [0.3, 0.4) is 0 Å². The molecule has 6 heteroatoms. The molecule has 0 radical (unpaired) electrons. The first-order chi connectivity index (χ1) is 18.1. The number of ether oxygens (including phenoxy) is 3. The van der Waals surface area contributed by atoms with Gasteiger partial charge in [0, 0.05) is 6.54 Å². The van der Waals surface area contributed by atoms with Crippen LogP contribution < -0.4 is 19.5 Å². The van der Waals surface area contributed by atoms with Crippen molar-refractivity contribution in [1.82, 2.24) is 5.32 Å². The lowest BCUT2D eigenvalue weighted by Gasteiger charge is -2.16. The van der Waals surface area contributed by atoms with Crippen LogP contribution in [0.2, 0.25) is 5.02 Å². The molecule has 4 aromatic carbocycles. The summed E-state index contributed by atoms with van der Waals surface area (Å²) in [5.74, 6) is 1.91. The second kappa shape index (κ2) is 13.7. The molecule has 0 aliphatic rings. The van der Waals surface area contributed by atoms with Crippen molar-refractivity contribution in [3.05, 3.63) is 124 Å². The number of nitrogens with one attached hydrogen (secondary N) is 1. The van der Waals surface area contributed by atoms with Gasteiger partial charge in [0.2, 0.25) is 0 Å². The second-order valence-corrected chi connectivity index (χ2v) is 9.04. The molecule has 2 N–H and O–H groups in total. The van der Waals surface area contributed by atoms with Gasteiger partial charge in [0.25, 0.3) is 0 Å². The van der Waals surface area contributed by atoms with E-state index in [4.69, 9.17) is 25.8 Å². The van der Waals surface area contributed by atoms with Crippen molar-refractivity contribution >= 4 is 11.6 Å². The number of hydrogen-bond donors (Lipinski definition) is 2. The molecule has 0 spiro atoms. The fourth-order valence-corrected chi connectivity index (χ4v) is 4.25. The average molecular weight is 518 g/mol. The summed E-state index contributed by atoms with van der Waals surface area (Å²) in [6.45, 7) is 2.03. The molecule has 0 saturated carbocycles. The number of halogens is 1. The Morgan fingerprint density at radius 3 is 2.03 bits per heavy atom. The third-order valence-corrected chi connectivity index (χ3v) is 6.42. The molecular formula is C31H32ClNO4. The Morgan fingerprint density at radius 2 is 1.41 bits per heavy atom. The van der Waals surface area contributed by atoms with Gasteiger partial charge in [-0.2, -0.15) is 0 Å². The minimum absolute atomic E-state index is 0.428. The summed E-state index contributed by atoms with van der Waals surface area (Å²) in [4.78, 5) is 0. The molecule has 0 amide bonds. The van der Waals surface area contributed by atoms with Crippen molar-refractivity contribution in [3.8, 4) is 17.2 Å². The SMILES string of the molecule is COc1c(OCc2ccccc2)ccc(CCNCC(O)c2ccc(OCc3ccccc3)cc2)c1Cl. The number of aliphatic hydroxyl groups is 1. The molecule has 0 aromatic heterocycles. The maximum absolute atomic E-state index is 10.6. The molecule has 192 valence electrons. The van der Waals surface area contributed by atoms with Gasteiger partial charge in [0.15, 0.2) is 11.5 Å². The van der Waals surface area contributed by atoms with E-state index in [9.17, 15) is 5.11 Å². The molecule has 0 fully saturated rings. The van der Waals surface area contributed by atoms with Gasteiger partial charge in [-0.3, -0.25) is 0 Å². The summed E-state index contributed by atoms with van der Waals surface area (Å²) < 4.78 is 17.3. The van der Waals surface area contributed by atoms with Gasteiger partial charge < -0.3 is 24.6 Å². The van der Waals surface area contributed by atoms with E-state index in [1.807, 2.05) is 97.1 Å². The molecule has 4 rings (SSSR count). The normalized spacial score (nSPS) is 11.6. The van der Waals surface area contributed by atoms with Crippen LogP contribution in [-0.4, -0.2) is 25.3 Å². The van der Waals surface area contributed by atoms with Gasteiger partial charge in [0.1, 0.15) is 19.0 Å². The fourth-order valence-electron chi connectivity index (χ4n) is 3.92. The summed E-state index contributed by atoms with van der Waals surface area (Å²) in [5.41, 5.74) is 3.97. The van der Waals surface area contributed by atoms with Gasteiger partial charge in [0.05, 0.1) is 18.2 Å². The highest BCUT2D eigenvalue weighted by Crippen LogP contribution is 2.38. The molecule has 37 heavy (non-hydrogen) atoms. The summed E-state index contributed by atoms with van der Waals surface area (Å²) >= 11 is 6.62. The van der Waals surface area contributed by atoms with Crippen molar-refractivity contribution < 1.29 is 19.3 Å². The smallest absolute Gasteiger partial charge is 0.179 e. The molecular weight excluding hydrogens is 486 g/mol. The zero-order valence-electron chi connectivity index (χ0n) is 20.9. The van der Waals surface area contributed by atoms with E-state index in [1.54, 1.807) is 7.11 Å². The van der Waals surface area contributed by atoms with Crippen LogP contribution >= 0.6 is 11.6 Å². The Balaban J connectivity index is 1.23. The molecule has 0 bridgehead atoms. The van der Waals surface area contributed by atoms with Crippen LogP contribution in [0.15, 0.2) is 97.1 Å². The topological polar surface area (TPSA) is 60.0 Å². The largest absolute Gasteiger partial charge is 0.491 e. The quantitative estimate of drug-likeness (QED) is 0.202. The standard InChI is InChI=1S/C31H32ClNO4/c1-35-31-29(37-22-24-10-6-3-7-11-24)17-14-26(30(31)32)18-19-33-20-28(34)25-12-15-27(16-13-25)36-21-23-8-4-2-5-9-23/h2-17,28,33-34H,18-22H2,1H3. The van der Waals surface area contributed by atoms with Crippen molar-refractivity contribution in [3.63, 3.8) is 0 Å². The van der Waals surface area contributed by atoms with Crippen LogP contribution in [0.5, 0.6) is 17.2 Å². The lowest BCUT2D eigenvalue weighted by molar-refractivity contribution is 0.175. The van der Waals surface area contributed by atoms with Gasteiger partial charge in [-0.15, -0.1) is 0 Å². The highest BCUT2D eigenvalue weighted by atomic mass is 35.5. The van der Waals surface area contributed by atoms with Crippen LogP contribution in [-0.2, 0) is 19.6 Å².